The van der Waals surface area contributed by atoms with Gasteiger partial charge in [0.25, 0.3) is 0 Å². The van der Waals surface area contributed by atoms with Gasteiger partial charge in [0.1, 0.15) is 0 Å². The fraction of sp³-hybridized carbons (Fsp3) is 0.0492. The molecule has 6 heteroatoms. The summed E-state index contributed by atoms with van der Waals surface area (Å²) in [5.74, 6) is -0.935. The van der Waals surface area contributed by atoms with E-state index in [-0.39, 0.29) is 0 Å². The van der Waals surface area contributed by atoms with Crippen molar-refractivity contribution in [1.82, 2.24) is 19.9 Å². The first-order valence-electron chi connectivity index (χ1n) is 22.7. The molecule has 67 heavy (non-hydrogen) atoms. The second kappa shape index (κ2) is 17.2. The monoisotopic (exact) mass is 864 g/mol. The normalized spacial score (nSPS) is 14.0. The van der Waals surface area contributed by atoms with Crippen molar-refractivity contribution >= 4 is 58.5 Å². The minimum Gasteiger partial charge on any atom is -0.354 e. The molecule has 3 aliphatic rings. The third kappa shape index (κ3) is 7.44. The van der Waals surface area contributed by atoms with Gasteiger partial charge in [0.05, 0.1) is 41.5 Å². The van der Waals surface area contributed by atoms with E-state index in [1.165, 1.54) is 0 Å². The molecule has 1 fully saturated rings. The van der Waals surface area contributed by atoms with Crippen LogP contribution in [0.25, 0.3) is 103 Å². The van der Waals surface area contributed by atoms with Crippen molar-refractivity contribution < 1.29 is 9.47 Å². The van der Waals surface area contributed by atoms with Crippen LogP contribution in [-0.2, 0) is 15.3 Å². The van der Waals surface area contributed by atoms with Crippen molar-refractivity contribution in [2.75, 3.05) is 13.2 Å². The molecule has 320 valence electrons. The van der Waals surface area contributed by atoms with Gasteiger partial charge >= 0.3 is 0 Å². The van der Waals surface area contributed by atoms with Crippen molar-refractivity contribution in [2.45, 2.75) is 5.79 Å². The van der Waals surface area contributed by atoms with Crippen molar-refractivity contribution in [3.8, 4) is 44.5 Å². The third-order valence-corrected chi connectivity index (χ3v) is 12.7. The number of nitrogens with one attached hydrogen (secondary N) is 2. The van der Waals surface area contributed by atoms with Crippen molar-refractivity contribution in [1.29, 1.82) is 0 Å². The average Bonchev–Trinajstić information content (AvgIpc) is 4.27. The Morgan fingerprint density at radius 2 is 0.791 bits per heavy atom. The Balaban J connectivity index is 1.15. The van der Waals surface area contributed by atoms with E-state index in [2.05, 4.69) is 222 Å². The predicted molar refractivity (Wildman–Crippen MR) is 275 cm³/mol. The summed E-state index contributed by atoms with van der Waals surface area (Å²) < 4.78 is 12.7. The van der Waals surface area contributed by atoms with Crippen LogP contribution in [0.5, 0.6) is 0 Å². The Morgan fingerprint density at radius 3 is 1.27 bits per heavy atom. The van der Waals surface area contributed by atoms with E-state index in [1.54, 1.807) is 0 Å². The van der Waals surface area contributed by atoms with Crippen LogP contribution in [0.4, 0.5) is 0 Å². The van der Waals surface area contributed by atoms with Crippen molar-refractivity contribution in [3.63, 3.8) is 0 Å². The summed E-state index contributed by atoms with van der Waals surface area (Å²) in [6, 6.07) is 67.4. The fourth-order valence-electron chi connectivity index (χ4n) is 9.64. The summed E-state index contributed by atoms with van der Waals surface area (Å²) in [5, 5.41) is 0. The lowest BCUT2D eigenvalue weighted by Crippen LogP contribution is -2.28. The molecule has 8 bridgehead atoms. The van der Waals surface area contributed by atoms with Crippen LogP contribution >= 0.6 is 0 Å². The fourth-order valence-corrected chi connectivity index (χ4v) is 9.64. The maximum absolute atomic E-state index is 6.34. The zero-order valence-corrected chi connectivity index (χ0v) is 36.6. The van der Waals surface area contributed by atoms with E-state index in [0.717, 1.165) is 112 Å². The Kier molecular flexibility index (Phi) is 10.3. The maximum atomic E-state index is 6.34. The second-order valence-electron chi connectivity index (χ2n) is 16.8. The quantitative estimate of drug-likeness (QED) is 0.160. The zero-order valence-electron chi connectivity index (χ0n) is 36.6. The minimum absolute atomic E-state index is 0.531. The van der Waals surface area contributed by atoms with E-state index in [0.29, 0.717) is 13.2 Å². The van der Waals surface area contributed by atoms with E-state index in [4.69, 9.17) is 19.4 Å². The van der Waals surface area contributed by atoms with Gasteiger partial charge in [0, 0.05) is 55.5 Å². The zero-order chi connectivity index (χ0) is 44.6. The number of nitrogens with zero attached hydrogens (tertiary/aromatic N) is 2. The lowest BCUT2D eigenvalue weighted by molar-refractivity contribution is -0.129. The second-order valence-corrected chi connectivity index (χ2v) is 16.8. The number of rotatable bonds is 8. The molecular weight excluding hydrogens is 821 g/mol. The highest BCUT2D eigenvalue weighted by molar-refractivity contribution is 6.02. The van der Waals surface area contributed by atoms with Crippen LogP contribution in [0, 0.1) is 0 Å². The van der Waals surface area contributed by atoms with Gasteiger partial charge in [0.2, 0.25) is 5.79 Å². The standard InChI is InChI=1S/C61H44N4O2/c1-6-16-42(17-7-1)56-49-32-33-50(62-49)57(43-18-8-2-9-19-43)52-36-37-54(64-52)59(45-22-12-4-13-23-45)60-46(40-55(65-60)58(44-20-10-3-11-21-44)53-35-34-51(56)63-53)29-26-41-27-30-48(31-28-41)61(66-38-39-67-61)47-24-14-5-15-25-47/h1-37,40,62,65H,38-39H2/b29-26+,56-49?,56-51?,57-50?,57-52?,58-53?,58-55?,59-54?,60-59?. The number of fused-ring (bicyclic) bond motifs is 8. The number of hydrogen-bond acceptors (Lipinski definition) is 4. The highest BCUT2D eigenvalue weighted by Crippen LogP contribution is 2.41. The smallest absolute Gasteiger partial charge is 0.222 e. The minimum atomic E-state index is -0.935. The Bertz CT molecular complexity index is 3530. The molecule has 9 aromatic rings. The number of aromatic amines is 2. The molecule has 12 rings (SSSR count). The summed E-state index contributed by atoms with van der Waals surface area (Å²) in [6.07, 6.45) is 13.0. The van der Waals surface area contributed by atoms with Gasteiger partial charge in [0.15, 0.2) is 0 Å². The molecule has 6 nitrogen and oxygen atoms in total. The highest BCUT2D eigenvalue weighted by Gasteiger charge is 2.40. The number of benzene rings is 6. The molecule has 3 aliphatic heterocycles. The van der Waals surface area contributed by atoms with Crippen LogP contribution in [0.2, 0.25) is 0 Å². The van der Waals surface area contributed by atoms with Gasteiger partial charge < -0.3 is 19.4 Å². The summed E-state index contributed by atoms with van der Waals surface area (Å²) in [7, 11) is 0. The predicted octanol–water partition coefficient (Wildman–Crippen LogP) is 14.7. The molecule has 6 heterocycles. The van der Waals surface area contributed by atoms with E-state index < -0.39 is 5.79 Å². The Hall–Kier alpha value is -8.42. The maximum Gasteiger partial charge on any atom is 0.222 e. The SMILES string of the molecule is C1=Cc2nc1c(-c1ccccc1)c1ccc([nH]1)c(-c1ccccc1)c1nc(c(-c3ccccc3)c3[nH]c(cc3/C=C/c3ccc(C4(c5ccccc5)OCCO4)cc3)c2-c2ccccc2)C=C1. The van der Waals surface area contributed by atoms with Crippen LogP contribution in [0.3, 0.4) is 0 Å². The van der Waals surface area contributed by atoms with E-state index in [1.807, 2.05) is 18.2 Å². The largest absolute Gasteiger partial charge is 0.354 e. The van der Waals surface area contributed by atoms with Crippen molar-refractivity contribution in [2.24, 2.45) is 0 Å². The molecule has 3 aromatic heterocycles. The van der Waals surface area contributed by atoms with Crippen LogP contribution < -0.4 is 0 Å². The number of H-pyrrole nitrogens is 2. The van der Waals surface area contributed by atoms with Gasteiger partial charge in [-0.25, -0.2) is 9.97 Å². The van der Waals surface area contributed by atoms with Crippen LogP contribution in [-0.4, -0.2) is 33.1 Å². The first-order chi connectivity index (χ1) is 33.2. The molecule has 0 saturated carbocycles. The first-order valence-corrected chi connectivity index (χ1v) is 22.7. The van der Waals surface area contributed by atoms with Crippen LogP contribution in [0.15, 0.2) is 194 Å². The number of hydrogen-bond donors (Lipinski definition) is 2. The first kappa shape index (κ1) is 40.1. The molecule has 0 unspecified atom stereocenters. The molecule has 0 atom stereocenters. The van der Waals surface area contributed by atoms with E-state index in [9.17, 15) is 0 Å². The van der Waals surface area contributed by atoms with Gasteiger partial charge in [-0.2, -0.15) is 0 Å². The molecule has 0 radical (unpaired) electrons. The van der Waals surface area contributed by atoms with Gasteiger partial charge in [-0.3, -0.25) is 0 Å². The Morgan fingerprint density at radius 1 is 0.388 bits per heavy atom. The Labute approximate surface area is 389 Å². The lowest BCUT2D eigenvalue weighted by Gasteiger charge is -2.28. The van der Waals surface area contributed by atoms with Crippen LogP contribution in [0.1, 0.15) is 45.0 Å². The summed E-state index contributed by atoms with van der Waals surface area (Å²) in [4.78, 5) is 18.9. The highest BCUT2D eigenvalue weighted by atomic mass is 16.7. The topological polar surface area (TPSA) is 75.8 Å². The third-order valence-electron chi connectivity index (χ3n) is 12.7. The molecule has 1 saturated heterocycles. The van der Waals surface area contributed by atoms with Gasteiger partial charge in [-0.15, -0.1) is 0 Å². The number of aromatic nitrogens is 4. The molecular formula is C61H44N4O2. The van der Waals surface area contributed by atoms with E-state index >= 15 is 0 Å². The summed E-state index contributed by atoms with van der Waals surface area (Å²) in [5.41, 5.74) is 19.5. The lowest BCUT2D eigenvalue weighted by atomic mass is 9.96. The molecule has 2 N–H and O–H groups in total. The summed E-state index contributed by atoms with van der Waals surface area (Å²) >= 11 is 0. The average molecular weight is 865 g/mol. The summed E-state index contributed by atoms with van der Waals surface area (Å²) in [6.45, 7) is 1.06. The van der Waals surface area contributed by atoms with Gasteiger partial charge in [-0.1, -0.05) is 188 Å². The molecule has 0 amide bonds. The van der Waals surface area contributed by atoms with Crippen molar-refractivity contribution in [3.05, 3.63) is 239 Å². The molecule has 0 spiro atoms. The molecule has 0 aliphatic carbocycles. The van der Waals surface area contributed by atoms with Gasteiger partial charge in [-0.05, 0) is 70.3 Å². The number of ether oxygens (including phenoxy) is 2. The molecule has 6 aromatic carbocycles.